The van der Waals surface area contributed by atoms with Crippen molar-refractivity contribution in [3.8, 4) is 11.5 Å². The van der Waals surface area contributed by atoms with E-state index in [9.17, 15) is 19.2 Å². The van der Waals surface area contributed by atoms with Crippen LogP contribution in [0, 0.1) is 5.92 Å². The van der Waals surface area contributed by atoms with Gasteiger partial charge in [-0.25, -0.2) is 4.98 Å². The molecule has 0 saturated carbocycles. The predicted molar refractivity (Wildman–Crippen MR) is 283 cm³/mol. The molecule has 16 heteroatoms. The number of hydrogen-bond acceptors (Lipinski definition) is 12. The zero-order valence-electron chi connectivity index (χ0n) is 43.2. The molecule has 5 heterocycles. The molecular weight excluding hydrogens is 909 g/mol. The number of allylic oxidation sites excluding steroid dienone is 1. The molecule has 0 bridgehead atoms. The van der Waals surface area contributed by atoms with Crippen LogP contribution in [0.25, 0.3) is 6.08 Å². The molecule has 4 aromatic rings. The highest BCUT2D eigenvalue weighted by atomic mass is 16.5. The third-order valence-corrected chi connectivity index (χ3v) is 14.2. The molecule has 2 N–H and O–H groups in total. The smallest absolute Gasteiger partial charge is 0.272 e. The normalized spacial score (nSPS) is 16.1. The zero-order valence-corrected chi connectivity index (χ0v) is 43.2. The van der Waals surface area contributed by atoms with E-state index in [1.165, 1.54) is 5.57 Å². The Morgan fingerprint density at radius 1 is 0.806 bits per heavy atom. The summed E-state index contributed by atoms with van der Waals surface area (Å²) < 4.78 is 11.1. The SMILES string of the molecule is CCCN(CCc1cccc(C(=O)N2CCN(CC3CCN(C(=O)c4ccc(N5CCN(Cc6cnc(/C=C(\C)CC)c(NC=O)c6)CC5)cn4)CC3)CC2)c1)C(=O)CNCc1ccc(OC)cc1OCC. The van der Waals surface area contributed by atoms with Crippen LogP contribution < -0.4 is 25.0 Å². The number of likely N-dealkylation sites (tertiary alicyclic amines) is 1. The van der Waals surface area contributed by atoms with Crippen molar-refractivity contribution in [2.75, 3.05) is 116 Å². The Morgan fingerprint density at radius 2 is 1.57 bits per heavy atom. The second kappa shape index (κ2) is 26.9. The van der Waals surface area contributed by atoms with Crippen molar-refractivity contribution in [3.05, 3.63) is 112 Å². The lowest BCUT2D eigenvalue weighted by atomic mass is 9.95. The summed E-state index contributed by atoms with van der Waals surface area (Å²) in [6.07, 6.45) is 10.8. The number of anilines is 2. The van der Waals surface area contributed by atoms with Gasteiger partial charge in [0.05, 0.1) is 43.5 Å². The minimum Gasteiger partial charge on any atom is -0.497 e. The maximum absolute atomic E-state index is 13.7. The zero-order chi connectivity index (χ0) is 50.8. The Balaban J connectivity index is 0.796. The van der Waals surface area contributed by atoms with Gasteiger partial charge in [-0.2, -0.15) is 0 Å². The molecule has 0 radical (unpaired) electrons. The van der Waals surface area contributed by atoms with E-state index < -0.39 is 0 Å². The average molecular weight is 985 g/mol. The number of rotatable bonds is 23. The molecule has 3 fully saturated rings. The van der Waals surface area contributed by atoms with Crippen molar-refractivity contribution >= 4 is 41.6 Å². The fourth-order valence-electron chi connectivity index (χ4n) is 9.79. The Kier molecular flexibility index (Phi) is 20.0. The Hall–Kier alpha value is -6.36. The fourth-order valence-corrected chi connectivity index (χ4v) is 9.79. The van der Waals surface area contributed by atoms with Crippen molar-refractivity contribution in [1.29, 1.82) is 0 Å². The highest BCUT2D eigenvalue weighted by Gasteiger charge is 2.29. The number of amides is 4. The third-order valence-electron chi connectivity index (χ3n) is 14.2. The number of hydrogen-bond donors (Lipinski definition) is 2. The van der Waals surface area contributed by atoms with Crippen molar-refractivity contribution in [2.24, 2.45) is 5.92 Å². The van der Waals surface area contributed by atoms with Gasteiger partial charge >= 0.3 is 0 Å². The summed E-state index contributed by atoms with van der Waals surface area (Å²) in [4.78, 5) is 74.2. The summed E-state index contributed by atoms with van der Waals surface area (Å²) in [6, 6.07) is 19.5. The minimum atomic E-state index is -0.0119. The van der Waals surface area contributed by atoms with Crippen LogP contribution in [0.4, 0.5) is 11.4 Å². The minimum absolute atomic E-state index is 0.0119. The lowest BCUT2D eigenvalue weighted by Crippen LogP contribution is -2.50. The molecule has 0 aliphatic carbocycles. The monoisotopic (exact) mass is 985 g/mol. The molecule has 0 atom stereocenters. The van der Waals surface area contributed by atoms with Crippen LogP contribution in [0.1, 0.15) is 96.6 Å². The van der Waals surface area contributed by atoms with E-state index >= 15 is 0 Å². The summed E-state index contributed by atoms with van der Waals surface area (Å²) in [5.41, 5.74) is 7.95. The van der Waals surface area contributed by atoms with E-state index in [-0.39, 0.29) is 24.3 Å². The number of carbonyl (C=O) groups excluding carboxylic acids is 4. The van der Waals surface area contributed by atoms with Gasteiger partial charge in [0.1, 0.15) is 17.2 Å². The van der Waals surface area contributed by atoms with Gasteiger partial charge in [0, 0.05) is 122 Å². The molecule has 7 rings (SSSR count). The van der Waals surface area contributed by atoms with Crippen molar-refractivity contribution in [2.45, 2.75) is 72.9 Å². The number of benzene rings is 2. The van der Waals surface area contributed by atoms with E-state index in [4.69, 9.17) is 9.47 Å². The van der Waals surface area contributed by atoms with Crippen LogP contribution in [0.2, 0.25) is 0 Å². The van der Waals surface area contributed by atoms with Crippen LogP contribution in [0.5, 0.6) is 11.5 Å². The second-order valence-corrected chi connectivity index (χ2v) is 19.2. The van der Waals surface area contributed by atoms with Crippen molar-refractivity contribution in [1.82, 2.24) is 39.8 Å². The number of ether oxygens (including phenoxy) is 2. The van der Waals surface area contributed by atoms with Gasteiger partial charge in [-0.3, -0.25) is 34.0 Å². The predicted octanol–water partition coefficient (Wildman–Crippen LogP) is 6.47. The lowest BCUT2D eigenvalue weighted by molar-refractivity contribution is -0.130. The number of pyridine rings is 2. The van der Waals surface area contributed by atoms with Crippen molar-refractivity contribution in [3.63, 3.8) is 0 Å². The van der Waals surface area contributed by atoms with Crippen LogP contribution in [-0.4, -0.2) is 164 Å². The molecule has 3 aliphatic heterocycles. The maximum atomic E-state index is 13.7. The van der Waals surface area contributed by atoms with Gasteiger partial charge in [0.15, 0.2) is 0 Å². The van der Waals surface area contributed by atoms with Crippen LogP contribution >= 0.6 is 0 Å². The Labute approximate surface area is 426 Å². The van der Waals surface area contributed by atoms with E-state index in [1.807, 2.05) is 101 Å². The first-order chi connectivity index (χ1) is 35.1. The molecule has 3 aliphatic rings. The number of nitrogens with zero attached hydrogens (tertiary/aromatic N) is 8. The van der Waals surface area contributed by atoms with E-state index in [1.54, 1.807) is 7.11 Å². The standard InChI is InChI=1S/C56H76N10O6/c1-6-19-64(54(68)38-57-36-47-12-14-49(71-5)34-53(47)72-8-3)20-16-43-10-9-11-46(32-43)55(69)66-29-25-61(26-30-66)39-44-17-21-65(22-18-44)56(70)50-15-13-48(37-59-50)63-27-23-62(24-28-63)40-45-33-52(60-41-67)51(58-35-45)31-42(4)7-2/h9-15,31-35,37,41,44,57H,6-8,16-30,36,38-40H2,1-5H3,(H,60,67)/b42-31+. The molecule has 2 aromatic heterocycles. The second-order valence-electron chi connectivity index (χ2n) is 19.2. The number of nitrogens with one attached hydrogen (secondary N) is 2. The number of methoxy groups -OCH3 is 1. The molecule has 72 heavy (non-hydrogen) atoms. The highest BCUT2D eigenvalue weighted by molar-refractivity contribution is 5.94. The molecule has 2 aromatic carbocycles. The number of aromatic nitrogens is 2. The van der Waals surface area contributed by atoms with E-state index in [0.717, 1.165) is 123 Å². The fraction of sp³-hybridized carbons (Fsp3) is 0.500. The highest BCUT2D eigenvalue weighted by Crippen LogP contribution is 2.26. The topological polar surface area (TPSA) is 156 Å². The summed E-state index contributed by atoms with van der Waals surface area (Å²) in [5.74, 6) is 2.05. The van der Waals surface area contributed by atoms with E-state index in [0.29, 0.717) is 82.4 Å². The molecule has 4 amide bonds. The summed E-state index contributed by atoms with van der Waals surface area (Å²) in [5, 5.41) is 6.12. The molecule has 16 nitrogen and oxygen atoms in total. The lowest BCUT2D eigenvalue weighted by Gasteiger charge is -2.39. The third kappa shape index (κ3) is 14.9. The number of carbonyl (C=O) groups is 4. The van der Waals surface area contributed by atoms with Gasteiger partial charge in [0.2, 0.25) is 12.3 Å². The first-order valence-electron chi connectivity index (χ1n) is 26.1. The maximum Gasteiger partial charge on any atom is 0.272 e. The van der Waals surface area contributed by atoms with Gasteiger partial charge in [-0.05, 0) is 105 Å². The average Bonchev–Trinajstić information content (AvgIpc) is 3.41. The number of piperidine rings is 1. The molecule has 0 unspecified atom stereocenters. The van der Waals surface area contributed by atoms with Crippen LogP contribution in [-0.2, 0) is 29.1 Å². The summed E-state index contributed by atoms with van der Waals surface area (Å²) >= 11 is 0. The van der Waals surface area contributed by atoms with Crippen LogP contribution in [0.15, 0.2) is 78.6 Å². The van der Waals surface area contributed by atoms with Gasteiger partial charge < -0.3 is 39.7 Å². The number of piperazine rings is 2. The summed E-state index contributed by atoms with van der Waals surface area (Å²) in [7, 11) is 1.63. The van der Waals surface area contributed by atoms with Crippen LogP contribution in [0.3, 0.4) is 0 Å². The molecule has 0 spiro atoms. The largest absolute Gasteiger partial charge is 0.497 e. The van der Waals surface area contributed by atoms with Gasteiger partial charge in [-0.1, -0.05) is 37.6 Å². The summed E-state index contributed by atoms with van der Waals surface area (Å²) in [6.45, 7) is 20.3. The van der Waals surface area contributed by atoms with Gasteiger partial charge in [0.25, 0.3) is 11.8 Å². The quantitative estimate of drug-likeness (QED) is 0.0784. The van der Waals surface area contributed by atoms with Gasteiger partial charge in [-0.15, -0.1) is 0 Å². The Morgan fingerprint density at radius 3 is 2.26 bits per heavy atom. The Bertz CT molecular complexity index is 2440. The molecular formula is C56H76N10O6. The first-order valence-corrected chi connectivity index (χ1v) is 26.1. The van der Waals surface area contributed by atoms with E-state index in [2.05, 4.69) is 56.1 Å². The first kappa shape index (κ1) is 53.4. The molecule has 386 valence electrons. The van der Waals surface area contributed by atoms with Crippen molar-refractivity contribution < 1.29 is 28.7 Å². The molecule has 3 saturated heterocycles.